The predicted molar refractivity (Wildman–Crippen MR) is 85.9 cm³/mol. The molecule has 0 radical (unpaired) electrons. The number of rotatable bonds is 6. The fourth-order valence-electron chi connectivity index (χ4n) is 2.74. The quantitative estimate of drug-likeness (QED) is 0.884. The Morgan fingerprint density at radius 1 is 1.33 bits per heavy atom. The molecule has 0 bridgehead atoms. The highest BCUT2D eigenvalue weighted by molar-refractivity contribution is 5.77. The molecule has 1 N–H and O–H groups in total. The molecule has 0 saturated carbocycles. The maximum absolute atomic E-state index is 13.0. The van der Waals surface area contributed by atoms with E-state index in [2.05, 4.69) is 10.3 Å². The molecule has 24 heavy (non-hydrogen) atoms. The third kappa shape index (κ3) is 4.29. The molecule has 126 valence electrons. The molecule has 0 aliphatic carbocycles. The SMILES string of the molecule is O=C(COc1cccnc1)NC[C@@H]1CCO[C@H]1c1ccc(F)cc1. The Kier molecular flexibility index (Phi) is 5.38. The number of pyridine rings is 1. The van der Waals surface area contributed by atoms with Crippen LogP contribution < -0.4 is 10.1 Å². The molecule has 3 rings (SSSR count). The second kappa shape index (κ2) is 7.88. The lowest BCUT2D eigenvalue weighted by molar-refractivity contribution is -0.123. The molecule has 1 aliphatic rings. The number of amides is 1. The van der Waals surface area contributed by atoms with Crippen molar-refractivity contribution in [2.75, 3.05) is 19.8 Å². The van der Waals surface area contributed by atoms with E-state index in [1.807, 2.05) is 0 Å². The molecule has 1 saturated heterocycles. The topological polar surface area (TPSA) is 60.5 Å². The van der Waals surface area contributed by atoms with Crippen LogP contribution in [-0.4, -0.2) is 30.6 Å². The summed E-state index contributed by atoms with van der Waals surface area (Å²) in [6.07, 6.45) is 3.93. The molecular formula is C18H19FN2O3. The summed E-state index contributed by atoms with van der Waals surface area (Å²) in [6, 6.07) is 9.80. The minimum absolute atomic E-state index is 0.0551. The Labute approximate surface area is 139 Å². The van der Waals surface area contributed by atoms with Gasteiger partial charge in [-0.3, -0.25) is 9.78 Å². The third-order valence-corrected chi connectivity index (χ3v) is 3.98. The zero-order chi connectivity index (χ0) is 16.8. The lowest BCUT2D eigenvalue weighted by Crippen LogP contribution is -2.34. The molecule has 5 nitrogen and oxygen atoms in total. The average Bonchev–Trinajstić information content (AvgIpc) is 3.08. The van der Waals surface area contributed by atoms with Crippen LogP contribution in [0, 0.1) is 11.7 Å². The van der Waals surface area contributed by atoms with E-state index in [0.29, 0.717) is 18.9 Å². The first-order valence-corrected chi connectivity index (χ1v) is 7.89. The minimum atomic E-state index is -0.269. The van der Waals surface area contributed by atoms with E-state index >= 15 is 0 Å². The zero-order valence-electron chi connectivity index (χ0n) is 13.2. The molecule has 1 fully saturated rings. The molecule has 2 atom stereocenters. The van der Waals surface area contributed by atoms with Gasteiger partial charge < -0.3 is 14.8 Å². The Bertz CT molecular complexity index is 664. The summed E-state index contributed by atoms with van der Waals surface area (Å²) in [5, 5.41) is 2.87. The summed E-state index contributed by atoms with van der Waals surface area (Å²) in [5.41, 5.74) is 0.930. The van der Waals surface area contributed by atoms with Crippen molar-refractivity contribution in [3.8, 4) is 5.75 Å². The number of carbonyl (C=O) groups excluding carboxylic acids is 1. The standard InChI is InChI=1S/C18H19FN2O3/c19-15-5-3-13(4-6-15)18-14(7-9-23-18)10-21-17(22)12-24-16-2-1-8-20-11-16/h1-6,8,11,14,18H,7,9-10,12H2,(H,21,22)/t14-,18-/m0/s1. The number of hydrogen-bond donors (Lipinski definition) is 1. The van der Waals surface area contributed by atoms with E-state index in [-0.39, 0.29) is 30.4 Å². The Morgan fingerprint density at radius 3 is 2.92 bits per heavy atom. The number of ether oxygens (including phenoxy) is 2. The average molecular weight is 330 g/mol. The van der Waals surface area contributed by atoms with Crippen LogP contribution in [0.1, 0.15) is 18.1 Å². The second-order valence-electron chi connectivity index (χ2n) is 5.67. The molecule has 0 spiro atoms. The van der Waals surface area contributed by atoms with Crippen molar-refractivity contribution in [3.63, 3.8) is 0 Å². The monoisotopic (exact) mass is 330 g/mol. The van der Waals surface area contributed by atoms with Crippen LogP contribution in [0.2, 0.25) is 0 Å². The van der Waals surface area contributed by atoms with Gasteiger partial charge in [-0.25, -0.2) is 4.39 Å². The Morgan fingerprint density at radius 2 is 2.17 bits per heavy atom. The minimum Gasteiger partial charge on any atom is -0.482 e. The molecule has 1 aromatic heterocycles. The highest BCUT2D eigenvalue weighted by Gasteiger charge is 2.29. The number of nitrogens with zero attached hydrogens (tertiary/aromatic N) is 1. The number of benzene rings is 1. The van der Waals surface area contributed by atoms with E-state index in [0.717, 1.165) is 12.0 Å². The van der Waals surface area contributed by atoms with E-state index in [1.165, 1.54) is 12.1 Å². The van der Waals surface area contributed by atoms with Crippen LogP contribution in [0.4, 0.5) is 4.39 Å². The van der Waals surface area contributed by atoms with E-state index in [9.17, 15) is 9.18 Å². The Hall–Kier alpha value is -2.47. The smallest absolute Gasteiger partial charge is 0.257 e. The van der Waals surface area contributed by atoms with Gasteiger partial charge in [0.15, 0.2) is 6.61 Å². The van der Waals surface area contributed by atoms with Gasteiger partial charge in [0.05, 0.1) is 12.3 Å². The summed E-state index contributed by atoms with van der Waals surface area (Å²) in [6.45, 7) is 1.08. The van der Waals surface area contributed by atoms with Gasteiger partial charge in [0.25, 0.3) is 5.91 Å². The van der Waals surface area contributed by atoms with E-state index in [4.69, 9.17) is 9.47 Å². The van der Waals surface area contributed by atoms with Gasteiger partial charge in [-0.1, -0.05) is 12.1 Å². The molecule has 0 unspecified atom stereocenters. The van der Waals surface area contributed by atoms with Gasteiger partial charge in [0.2, 0.25) is 0 Å². The summed E-state index contributed by atoms with van der Waals surface area (Å²) < 4.78 is 24.1. The highest BCUT2D eigenvalue weighted by Crippen LogP contribution is 2.34. The fraction of sp³-hybridized carbons (Fsp3) is 0.333. The van der Waals surface area contributed by atoms with Gasteiger partial charge >= 0.3 is 0 Å². The van der Waals surface area contributed by atoms with Gasteiger partial charge in [0.1, 0.15) is 11.6 Å². The first-order valence-electron chi connectivity index (χ1n) is 7.89. The van der Waals surface area contributed by atoms with Crippen molar-refractivity contribution in [1.29, 1.82) is 0 Å². The summed E-state index contributed by atoms with van der Waals surface area (Å²) >= 11 is 0. The Balaban J connectivity index is 1.48. The third-order valence-electron chi connectivity index (χ3n) is 3.98. The van der Waals surface area contributed by atoms with Crippen LogP contribution >= 0.6 is 0 Å². The number of halogens is 1. The fourth-order valence-corrected chi connectivity index (χ4v) is 2.74. The molecule has 1 aromatic carbocycles. The van der Waals surface area contributed by atoms with Crippen LogP contribution in [0.3, 0.4) is 0 Å². The van der Waals surface area contributed by atoms with E-state index < -0.39 is 0 Å². The van der Waals surface area contributed by atoms with Gasteiger partial charge in [-0.15, -0.1) is 0 Å². The van der Waals surface area contributed by atoms with Crippen molar-refractivity contribution in [2.24, 2.45) is 5.92 Å². The van der Waals surface area contributed by atoms with Crippen molar-refractivity contribution in [1.82, 2.24) is 10.3 Å². The summed E-state index contributed by atoms with van der Waals surface area (Å²) in [7, 11) is 0. The predicted octanol–water partition coefficient (Wildman–Crippen LogP) is 2.49. The molecule has 6 heteroatoms. The summed E-state index contributed by atoms with van der Waals surface area (Å²) in [5.74, 6) is 0.261. The zero-order valence-corrected chi connectivity index (χ0v) is 13.2. The lowest BCUT2D eigenvalue weighted by Gasteiger charge is -2.19. The lowest BCUT2D eigenvalue weighted by atomic mass is 9.95. The van der Waals surface area contributed by atoms with Crippen molar-refractivity contribution >= 4 is 5.91 Å². The molecule has 2 aromatic rings. The molecule has 1 aliphatic heterocycles. The van der Waals surface area contributed by atoms with Crippen LogP contribution in [0.25, 0.3) is 0 Å². The van der Waals surface area contributed by atoms with Gasteiger partial charge in [0, 0.05) is 25.3 Å². The first kappa shape index (κ1) is 16.4. The van der Waals surface area contributed by atoms with Crippen LogP contribution in [0.5, 0.6) is 5.75 Å². The first-order chi connectivity index (χ1) is 11.7. The van der Waals surface area contributed by atoms with Crippen molar-refractivity contribution in [3.05, 3.63) is 60.2 Å². The van der Waals surface area contributed by atoms with Crippen molar-refractivity contribution in [2.45, 2.75) is 12.5 Å². The number of nitrogens with one attached hydrogen (secondary N) is 1. The number of aromatic nitrogens is 1. The molecular weight excluding hydrogens is 311 g/mol. The molecule has 1 amide bonds. The van der Waals surface area contributed by atoms with Crippen molar-refractivity contribution < 1.29 is 18.7 Å². The highest BCUT2D eigenvalue weighted by atomic mass is 19.1. The molecule has 2 heterocycles. The van der Waals surface area contributed by atoms with Gasteiger partial charge in [-0.05, 0) is 36.2 Å². The second-order valence-corrected chi connectivity index (χ2v) is 5.67. The maximum atomic E-state index is 13.0. The van der Waals surface area contributed by atoms with E-state index in [1.54, 1.807) is 36.7 Å². The van der Waals surface area contributed by atoms with Crippen LogP contribution in [0.15, 0.2) is 48.8 Å². The normalized spacial score (nSPS) is 19.9. The van der Waals surface area contributed by atoms with Gasteiger partial charge in [-0.2, -0.15) is 0 Å². The maximum Gasteiger partial charge on any atom is 0.257 e. The summed E-state index contributed by atoms with van der Waals surface area (Å²) in [4.78, 5) is 15.8. The largest absolute Gasteiger partial charge is 0.482 e. The van der Waals surface area contributed by atoms with Crippen LogP contribution in [-0.2, 0) is 9.53 Å². The number of carbonyl (C=O) groups is 1. The number of hydrogen-bond acceptors (Lipinski definition) is 4.